The van der Waals surface area contributed by atoms with Gasteiger partial charge in [-0.25, -0.2) is 0 Å². The number of nitrogen functional groups attached to an aromatic ring is 1. The van der Waals surface area contributed by atoms with Crippen LogP contribution in [0, 0.1) is 0 Å². The molecule has 4 nitrogen and oxygen atoms in total. The van der Waals surface area contributed by atoms with Crippen molar-refractivity contribution in [3.05, 3.63) is 54.2 Å². The lowest BCUT2D eigenvalue weighted by Crippen LogP contribution is -1.89. The molecule has 21 heavy (non-hydrogen) atoms. The second-order valence-corrected chi connectivity index (χ2v) is 5.57. The predicted molar refractivity (Wildman–Crippen MR) is 85.0 cm³/mol. The van der Waals surface area contributed by atoms with Crippen LogP contribution >= 0.6 is 11.3 Å². The highest BCUT2D eigenvalue weighted by Crippen LogP contribution is 2.41. The number of rotatable bonds is 2. The van der Waals surface area contributed by atoms with Crippen molar-refractivity contribution in [3.8, 4) is 22.5 Å². The fourth-order valence-electron chi connectivity index (χ4n) is 2.43. The molecule has 102 valence electrons. The van der Waals surface area contributed by atoms with Crippen LogP contribution in [-0.4, -0.2) is 10.1 Å². The Kier molecular flexibility index (Phi) is 2.72. The molecule has 0 saturated heterocycles. The molecular weight excluding hydrogens is 282 g/mol. The maximum Gasteiger partial charge on any atom is 0.178 e. The van der Waals surface area contributed by atoms with E-state index in [2.05, 4.69) is 27.7 Å². The van der Waals surface area contributed by atoms with Crippen molar-refractivity contribution in [1.29, 1.82) is 0 Å². The van der Waals surface area contributed by atoms with Gasteiger partial charge < -0.3 is 10.3 Å². The summed E-state index contributed by atoms with van der Waals surface area (Å²) in [5.41, 5.74) is 8.71. The molecule has 0 fully saturated rings. The summed E-state index contributed by atoms with van der Waals surface area (Å²) >= 11 is 1.68. The zero-order chi connectivity index (χ0) is 14.2. The van der Waals surface area contributed by atoms with Crippen molar-refractivity contribution in [2.75, 3.05) is 5.73 Å². The number of fused-ring (bicyclic) bond motifs is 1. The maximum atomic E-state index is 5.99. The monoisotopic (exact) mass is 293 g/mol. The van der Waals surface area contributed by atoms with Gasteiger partial charge in [0.2, 0.25) is 0 Å². The number of benzene rings is 1. The smallest absolute Gasteiger partial charge is 0.178 e. The maximum absolute atomic E-state index is 5.99. The number of anilines is 1. The Morgan fingerprint density at radius 2 is 2.00 bits per heavy atom. The second kappa shape index (κ2) is 4.71. The minimum Gasteiger partial charge on any atom is -0.380 e. The van der Waals surface area contributed by atoms with Crippen LogP contribution < -0.4 is 5.73 Å². The largest absolute Gasteiger partial charge is 0.380 e. The van der Waals surface area contributed by atoms with E-state index >= 15 is 0 Å². The van der Waals surface area contributed by atoms with Gasteiger partial charge in [0.05, 0.1) is 5.56 Å². The summed E-state index contributed by atoms with van der Waals surface area (Å²) in [4.78, 5) is 4.14. The number of nitrogens with two attached hydrogens (primary N) is 1. The summed E-state index contributed by atoms with van der Waals surface area (Å²) in [6.07, 6.45) is 3.49. The Balaban J connectivity index is 1.98. The van der Waals surface area contributed by atoms with Gasteiger partial charge in [0.15, 0.2) is 11.6 Å². The molecule has 4 rings (SSSR count). The lowest BCUT2D eigenvalue weighted by molar-refractivity contribution is 0.436. The fourth-order valence-corrected chi connectivity index (χ4v) is 3.37. The van der Waals surface area contributed by atoms with Gasteiger partial charge in [-0.1, -0.05) is 29.4 Å². The van der Waals surface area contributed by atoms with Crippen LogP contribution in [0.25, 0.3) is 32.5 Å². The minimum atomic E-state index is 0.383. The van der Waals surface area contributed by atoms with Gasteiger partial charge in [-0.3, -0.25) is 4.98 Å². The highest BCUT2D eigenvalue weighted by Gasteiger charge is 2.20. The van der Waals surface area contributed by atoms with E-state index in [0.29, 0.717) is 11.6 Å². The first kappa shape index (κ1) is 12.1. The highest BCUT2D eigenvalue weighted by molar-refractivity contribution is 7.17. The molecule has 0 unspecified atom stereocenters. The first-order valence-electron chi connectivity index (χ1n) is 6.47. The van der Waals surface area contributed by atoms with Gasteiger partial charge in [-0.05, 0) is 12.1 Å². The number of pyridine rings is 1. The van der Waals surface area contributed by atoms with E-state index in [9.17, 15) is 0 Å². The fraction of sp³-hybridized carbons (Fsp3) is 0. The third-order valence-electron chi connectivity index (χ3n) is 3.39. The predicted octanol–water partition coefficient (Wildman–Crippen LogP) is 4.20. The molecule has 0 aliphatic heterocycles. The average molecular weight is 293 g/mol. The number of nitrogens with zero attached hydrogens (tertiary/aromatic N) is 2. The number of aromatic nitrogens is 2. The minimum absolute atomic E-state index is 0.383. The standard InChI is InChI=1S/C16H11N3OS/c17-16-14(10-4-3-7-18-8-10)15(20-19-16)12-9-21-13-6-2-1-5-11(12)13/h1-9H,(H2,17,19). The molecule has 0 bridgehead atoms. The summed E-state index contributed by atoms with van der Waals surface area (Å²) in [7, 11) is 0. The van der Waals surface area contributed by atoms with Crippen molar-refractivity contribution in [3.63, 3.8) is 0 Å². The normalized spacial score (nSPS) is 11.0. The molecule has 0 amide bonds. The van der Waals surface area contributed by atoms with Crippen molar-refractivity contribution < 1.29 is 4.52 Å². The van der Waals surface area contributed by atoms with Crippen LogP contribution in [0.5, 0.6) is 0 Å². The third kappa shape index (κ3) is 1.90. The first-order valence-corrected chi connectivity index (χ1v) is 7.34. The molecule has 0 atom stereocenters. The lowest BCUT2D eigenvalue weighted by Gasteiger charge is -2.01. The van der Waals surface area contributed by atoms with E-state index in [4.69, 9.17) is 10.3 Å². The van der Waals surface area contributed by atoms with E-state index in [1.54, 1.807) is 23.7 Å². The Labute approximate surface area is 124 Å². The molecule has 3 aromatic heterocycles. The zero-order valence-corrected chi connectivity index (χ0v) is 11.8. The number of hydrogen-bond donors (Lipinski definition) is 1. The SMILES string of the molecule is Nc1noc(-c2csc3ccccc23)c1-c1cccnc1. The molecule has 0 spiro atoms. The van der Waals surface area contributed by atoms with Gasteiger partial charge >= 0.3 is 0 Å². The molecule has 5 heteroatoms. The Bertz CT molecular complexity index is 912. The number of hydrogen-bond acceptors (Lipinski definition) is 5. The van der Waals surface area contributed by atoms with E-state index in [1.807, 2.05) is 24.3 Å². The van der Waals surface area contributed by atoms with Gasteiger partial charge in [0.1, 0.15) is 0 Å². The van der Waals surface area contributed by atoms with Crippen LogP contribution in [-0.2, 0) is 0 Å². The van der Waals surface area contributed by atoms with E-state index in [0.717, 1.165) is 22.1 Å². The molecular formula is C16H11N3OS. The van der Waals surface area contributed by atoms with Crippen molar-refractivity contribution in [2.45, 2.75) is 0 Å². The van der Waals surface area contributed by atoms with Crippen LogP contribution in [0.1, 0.15) is 0 Å². The first-order chi connectivity index (χ1) is 10.3. The van der Waals surface area contributed by atoms with Crippen molar-refractivity contribution >= 4 is 27.2 Å². The molecule has 0 aliphatic carbocycles. The molecule has 0 radical (unpaired) electrons. The van der Waals surface area contributed by atoms with Crippen LogP contribution in [0.15, 0.2) is 58.7 Å². The van der Waals surface area contributed by atoms with Crippen LogP contribution in [0.3, 0.4) is 0 Å². The summed E-state index contributed by atoms with van der Waals surface area (Å²) in [6, 6.07) is 12.0. The van der Waals surface area contributed by atoms with Crippen molar-refractivity contribution in [1.82, 2.24) is 10.1 Å². The molecule has 1 aromatic carbocycles. The Hall–Kier alpha value is -2.66. The lowest BCUT2D eigenvalue weighted by atomic mass is 10.0. The highest BCUT2D eigenvalue weighted by atomic mass is 32.1. The van der Waals surface area contributed by atoms with E-state index in [1.165, 1.54) is 4.70 Å². The number of thiophene rings is 1. The molecule has 3 heterocycles. The molecule has 0 saturated carbocycles. The summed E-state index contributed by atoms with van der Waals surface area (Å²) < 4.78 is 6.71. The van der Waals surface area contributed by atoms with Crippen molar-refractivity contribution in [2.24, 2.45) is 0 Å². The van der Waals surface area contributed by atoms with Crippen LogP contribution in [0.4, 0.5) is 5.82 Å². The molecule has 2 N–H and O–H groups in total. The third-order valence-corrected chi connectivity index (χ3v) is 4.36. The second-order valence-electron chi connectivity index (χ2n) is 4.66. The summed E-state index contributed by atoms with van der Waals surface area (Å²) in [5, 5.41) is 7.15. The topological polar surface area (TPSA) is 64.9 Å². The van der Waals surface area contributed by atoms with Gasteiger partial charge in [-0.2, -0.15) is 0 Å². The Morgan fingerprint density at radius 3 is 2.86 bits per heavy atom. The Morgan fingerprint density at radius 1 is 1.10 bits per heavy atom. The summed E-state index contributed by atoms with van der Waals surface area (Å²) in [6.45, 7) is 0. The zero-order valence-electron chi connectivity index (χ0n) is 11.0. The quantitative estimate of drug-likeness (QED) is 0.601. The van der Waals surface area contributed by atoms with Gasteiger partial charge in [-0.15, -0.1) is 11.3 Å². The van der Waals surface area contributed by atoms with Gasteiger partial charge in [0, 0.05) is 39.0 Å². The van der Waals surface area contributed by atoms with Gasteiger partial charge in [0.25, 0.3) is 0 Å². The summed E-state index contributed by atoms with van der Waals surface area (Å²) in [5.74, 6) is 1.08. The van der Waals surface area contributed by atoms with Crippen LogP contribution in [0.2, 0.25) is 0 Å². The average Bonchev–Trinajstić information content (AvgIpc) is 3.11. The van der Waals surface area contributed by atoms with E-state index < -0.39 is 0 Å². The molecule has 0 aliphatic rings. The molecule has 4 aromatic rings. The van der Waals surface area contributed by atoms with E-state index in [-0.39, 0.29) is 0 Å².